The van der Waals surface area contributed by atoms with E-state index < -0.39 is 12.4 Å². The van der Waals surface area contributed by atoms with Gasteiger partial charge in [-0.3, -0.25) is 0 Å². The van der Waals surface area contributed by atoms with Gasteiger partial charge >= 0.3 is 0 Å². The Labute approximate surface area is 116 Å². The lowest BCUT2D eigenvalue weighted by molar-refractivity contribution is -0.215. The number of aliphatic hydroxyl groups excluding tert-OH is 1. The van der Waals surface area contributed by atoms with Crippen LogP contribution in [0.3, 0.4) is 0 Å². The largest absolute Gasteiger partial charge is 0.386 e. The maximum absolute atomic E-state index is 10.4. The Morgan fingerprint density at radius 2 is 2.30 bits per heavy atom. The number of nitrogens with two attached hydrogens (primary N) is 1. The summed E-state index contributed by atoms with van der Waals surface area (Å²) in [7, 11) is 1.52. The summed E-state index contributed by atoms with van der Waals surface area (Å²) < 4.78 is 12.6. The molecule has 0 bridgehead atoms. The molecule has 1 aliphatic heterocycles. The fourth-order valence-corrected chi connectivity index (χ4v) is 2.84. The first kappa shape index (κ1) is 13.3. The van der Waals surface area contributed by atoms with Crippen molar-refractivity contribution in [2.75, 3.05) is 19.5 Å². The van der Waals surface area contributed by atoms with E-state index in [0.717, 1.165) is 16.7 Å². The number of nitrogen functional groups attached to an aromatic ring is 1. The van der Waals surface area contributed by atoms with E-state index in [1.807, 2.05) is 17.6 Å². The van der Waals surface area contributed by atoms with Gasteiger partial charge in [-0.25, -0.2) is 9.97 Å². The zero-order chi connectivity index (χ0) is 14.3. The molecule has 0 spiro atoms. The topological polar surface area (TPSA) is 95.4 Å². The Bertz CT molecular complexity index is 627. The molecule has 20 heavy (non-hydrogen) atoms. The molecule has 1 aliphatic rings. The lowest BCUT2D eigenvalue weighted by Gasteiger charge is -2.35. The second-order valence-electron chi connectivity index (χ2n) is 4.97. The monoisotopic (exact) mass is 278 g/mol. The van der Waals surface area contributed by atoms with Gasteiger partial charge in [-0.05, 0) is 19.4 Å². The van der Waals surface area contributed by atoms with E-state index in [4.69, 9.17) is 15.2 Å². The number of hydrogen-bond donors (Lipinski definition) is 2. The van der Waals surface area contributed by atoms with Crippen LogP contribution in [-0.2, 0) is 9.47 Å². The quantitative estimate of drug-likeness (QED) is 0.836. The molecule has 0 aromatic carbocycles. The summed E-state index contributed by atoms with van der Waals surface area (Å²) >= 11 is 0. The second kappa shape index (κ2) is 5.01. The second-order valence-corrected chi connectivity index (χ2v) is 4.97. The maximum Gasteiger partial charge on any atom is 0.185 e. The van der Waals surface area contributed by atoms with Crippen molar-refractivity contribution in [3.05, 3.63) is 18.1 Å². The Hall–Kier alpha value is -1.70. The summed E-state index contributed by atoms with van der Waals surface area (Å²) in [4.78, 5) is 8.30. The average Bonchev–Trinajstić information content (AvgIpc) is 2.77. The smallest absolute Gasteiger partial charge is 0.185 e. The van der Waals surface area contributed by atoms with Gasteiger partial charge in [-0.1, -0.05) is 0 Å². The highest BCUT2D eigenvalue weighted by Gasteiger charge is 2.35. The van der Waals surface area contributed by atoms with E-state index in [2.05, 4.69) is 9.97 Å². The van der Waals surface area contributed by atoms with E-state index in [1.165, 1.54) is 13.4 Å². The molecule has 3 atom stereocenters. The van der Waals surface area contributed by atoms with Crippen LogP contribution in [-0.4, -0.2) is 45.8 Å². The molecule has 0 amide bonds. The number of hydrogen-bond acceptors (Lipinski definition) is 6. The molecule has 108 valence electrons. The SMILES string of the molecule is CO[C@H]1OCC[C@H](n2c(C)cc3c(N)ncnc32)[C@H]1O. The summed E-state index contributed by atoms with van der Waals surface area (Å²) in [5, 5.41) is 11.2. The van der Waals surface area contributed by atoms with Crippen LogP contribution in [0.25, 0.3) is 11.0 Å². The van der Waals surface area contributed by atoms with Crippen LogP contribution in [0, 0.1) is 6.92 Å². The predicted molar refractivity (Wildman–Crippen MR) is 73.1 cm³/mol. The number of aryl methyl sites for hydroxylation is 1. The van der Waals surface area contributed by atoms with Gasteiger partial charge in [0.15, 0.2) is 6.29 Å². The molecule has 3 heterocycles. The van der Waals surface area contributed by atoms with Gasteiger partial charge in [0.25, 0.3) is 0 Å². The van der Waals surface area contributed by atoms with Crippen LogP contribution >= 0.6 is 0 Å². The Balaban J connectivity index is 2.09. The number of nitrogens with zero attached hydrogens (tertiary/aromatic N) is 3. The average molecular weight is 278 g/mol. The fraction of sp³-hybridized carbons (Fsp3) is 0.538. The third-order valence-electron chi connectivity index (χ3n) is 3.79. The van der Waals surface area contributed by atoms with Crippen LogP contribution in [0.4, 0.5) is 5.82 Å². The van der Waals surface area contributed by atoms with Gasteiger partial charge in [0, 0.05) is 12.8 Å². The molecule has 7 heteroatoms. The molecule has 3 N–H and O–H groups in total. The summed E-state index contributed by atoms with van der Waals surface area (Å²) in [5.41, 5.74) is 7.59. The van der Waals surface area contributed by atoms with Crippen molar-refractivity contribution < 1.29 is 14.6 Å². The predicted octanol–water partition coefficient (Wildman–Crippen LogP) is 0.617. The highest BCUT2D eigenvalue weighted by Crippen LogP contribution is 2.32. The van der Waals surface area contributed by atoms with Crippen molar-refractivity contribution >= 4 is 16.9 Å². The molecule has 0 radical (unpaired) electrons. The van der Waals surface area contributed by atoms with E-state index in [1.54, 1.807) is 0 Å². The zero-order valence-corrected chi connectivity index (χ0v) is 11.5. The van der Waals surface area contributed by atoms with Crippen molar-refractivity contribution in [2.24, 2.45) is 0 Å². The number of fused-ring (bicyclic) bond motifs is 1. The molecule has 0 unspecified atom stereocenters. The number of ether oxygens (including phenoxy) is 2. The van der Waals surface area contributed by atoms with Gasteiger partial charge in [0.2, 0.25) is 0 Å². The van der Waals surface area contributed by atoms with Crippen molar-refractivity contribution in [3.8, 4) is 0 Å². The summed E-state index contributed by atoms with van der Waals surface area (Å²) in [6.07, 6.45) is 0.756. The van der Waals surface area contributed by atoms with Crippen molar-refractivity contribution in [1.29, 1.82) is 0 Å². The molecule has 0 aliphatic carbocycles. The Morgan fingerprint density at radius 1 is 1.50 bits per heavy atom. The molecule has 1 saturated heterocycles. The van der Waals surface area contributed by atoms with Crippen LogP contribution in [0.15, 0.2) is 12.4 Å². The van der Waals surface area contributed by atoms with Crippen molar-refractivity contribution in [1.82, 2.24) is 14.5 Å². The zero-order valence-electron chi connectivity index (χ0n) is 11.5. The van der Waals surface area contributed by atoms with Gasteiger partial charge in [0.1, 0.15) is 23.9 Å². The van der Waals surface area contributed by atoms with Crippen molar-refractivity contribution in [2.45, 2.75) is 31.8 Å². The third-order valence-corrected chi connectivity index (χ3v) is 3.79. The van der Waals surface area contributed by atoms with E-state index in [9.17, 15) is 5.11 Å². The van der Waals surface area contributed by atoms with Crippen LogP contribution < -0.4 is 5.73 Å². The first-order valence-corrected chi connectivity index (χ1v) is 6.54. The first-order valence-electron chi connectivity index (χ1n) is 6.54. The Kier molecular flexibility index (Phi) is 3.33. The number of methoxy groups -OCH3 is 1. The molecule has 1 fully saturated rings. The van der Waals surface area contributed by atoms with E-state index in [0.29, 0.717) is 18.8 Å². The molecule has 2 aromatic heterocycles. The van der Waals surface area contributed by atoms with Gasteiger partial charge in [0.05, 0.1) is 18.0 Å². The molecular formula is C13H18N4O3. The normalized spacial score (nSPS) is 27.1. The van der Waals surface area contributed by atoms with Gasteiger partial charge < -0.3 is 24.9 Å². The summed E-state index contributed by atoms with van der Waals surface area (Å²) in [5.74, 6) is 0.446. The minimum Gasteiger partial charge on any atom is -0.386 e. The molecule has 0 saturated carbocycles. The molecule has 7 nitrogen and oxygen atoms in total. The maximum atomic E-state index is 10.4. The van der Waals surface area contributed by atoms with Crippen LogP contribution in [0.2, 0.25) is 0 Å². The number of anilines is 1. The minimum atomic E-state index is -0.751. The van der Waals surface area contributed by atoms with Crippen molar-refractivity contribution in [3.63, 3.8) is 0 Å². The molecule has 2 aromatic rings. The van der Waals surface area contributed by atoms with E-state index in [-0.39, 0.29) is 6.04 Å². The number of rotatable bonds is 2. The van der Waals surface area contributed by atoms with Crippen LogP contribution in [0.5, 0.6) is 0 Å². The summed E-state index contributed by atoms with van der Waals surface area (Å²) in [6, 6.07) is 1.79. The highest BCUT2D eigenvalue weighted by atomic mass is 16.7. The minimum absolute atomic E-state index is 0.152. The Morgan fingerprint density at radius 3 is 3.05 bits per heavy atom. The third kappa shape index (κ3) is 1.94. The number of aliphatic hydroxyl groups is 1. The molecular weight excluding hydrogens is 260 g/mol. The van der Waals surface area contributed by atoms with Gasteiger partial charge in [-0.15, -0.1) is 0 Å². The molecule has 3 rings (SSSR count). The van der Waals surface area contributed by atoms with E-state index >= 15 is 0 Å². The first-order chi connectivity index (χ1) is 9.63. The summed E-state index contributed by atoms with van der Waals surface area (Å²) in [6.45, 7) is 2.49. The number of aromatic nitrogens is 3. The van der Waals surface area contributed by atoms with Crippen LogP contribution in [0.1, 0.15) is 18.2 Å². The standard InChI is InChI=1S/C13H18N4O3/c1-7-5-8-11(14)15-6-16-12(8)17(7)9-3-4-20-13(19-2)10(9)18/h5-6,9-10,13,18H,3-4H2,1-2H3,(H2,14,15,16)/t9-,10+,13-/m0/s1. The lowest BCUT2D eigenvalue weighted by atomic mass is 10.0. The lowest BCUT2D eigenvalue weighted by Crippen LogP contribution is -2.43. The fourth-order valence-electron chi connectivity index (χ4n) is 2.84. The highest BCUT2D eigenvalue weighted by molar-refractivity contribution is 5.87. The van der Waals surface area contributed by atoms with Gasteiger partial charge in [-0.2, -0.15) is 0 Å².